The Morgan fingerprint density at radius 1 is 1.06 bits per heavy atom. The van der Waals surface area contributed by atoms with Gasteiger partial charge in [-0.25, -0.2) is 4.98 Å². The molecule has 0 fully saturated rings. The van der Waals surface area contributed by atoms with Crippen LogP contribution in [0.1, 0.15) is 11.3 Å². The summed E-state index contributed by atoms with van der Waals surface area (Å²) in [6.07, 6.45) is 0.709. The van der Waals surface area contributed by atoms with Gasteiger partial charge in [0.1, 0.15) is 5.75 Å². The fraction of sp³-hybridized carbons (Fsp3) is 0.217. The Kier molecular flexibility index (Phi) is 8.44. The first-order valence-electron chi connectivity index (χ1n) is 9.99. The lowest BCUT2D eigenvalue weighted by Crippen LogP contribution is -2.28. The normalized spacial score (nSPS) is 10.4. The molecule has 0 saturated carbocycles. The van der Waals surface area contributed by atoms with E-state index in [0.29, 0.717) is 23.7 Å². The number of hydrogen-bond acceptors (Lipinski definition) is 6. The molecule has 0 saturated heterocycles. The van der Waals surface area contributed by atoms with E-state index in [1.807, 2.05) is 30.3 Å². The van der Waals surface area contributed by atoms with Crippen molar-refractivity contribution in [2.24, 2.45) is 0 Å². The molecule has 2 aromatic carbocycles. The van der Waals surface area contributed by atoms with Crippen LogP contribution in [0.5, 0.6) is 5.75 Å². The Bertz CT molecular complexity index is 1120. The van der Waals surface area contributed by atoms with E-state index in [0.717, 1.165) is 23.7 Å². The molecule has 3 rings (SSSR count). The smallest absolute Gasteiger partial charge is 0.251 e. The van der Waals surface area contributed by atoms with Gasteiger partial charge >= 0.3 is 0 Å². The molecule has 0 bridgehead atoms. The minimum atomic E-state index is -0.372. The molecule has 3 N–H and O–H groups in total. The second kappa shape index (κ2) is 11.7. The molecule has 0 aliphatic rings. The Morgan fingerprint density at radius 2 is 1.88 bits per heavy atom. The Balaban J connectivity index is 1.49. The number of nitrogens with one attached hydrogen (secondary N) is 3. The van der Waals surface area contributed by atoms with E-state index in [9.17, 15) is 14.4 Å². The molecule has 1 heterocycles. The number of anilines is 1. The molecule has 0 atom stereocenters. The maximum atomic E-state index is 12.2. The Labute approximate surface area is 189 Å². The largest absolute Gasteiger partial charge is 0.497 e. The third kappa shape index (κ3) is 7.59. The van der Waals surface area contributed by atoms with Crippen molar-refractivity contribution in [2.45, 2.75) is 18.0 Å². The minimum absolute atomic E-state index is 0.0116. The van der Waals surface area contributed by atoms with Gasteiger partial charge in [0.05, 0.1) is 25.0 Å². The minimum Gasteiger partial charge on any atom is -0.497 e. The predicted molar refractivity (Wildman–Crippen MR) is 124 cm³/mol. The highest BCUT2D eigenvalue weighted by molar-refractivity contribution is 7.99. The van der Waals surface area contributed by atoms with Crippen LogP contribution in [0.25, 0.3) is 0 Å². The second-order valence-electron chi connectivity index (χ2n) is 6.87. The number of hydrogen-bond donors (Lipinski definition) is 3. The molecule has 8 nitrogen and oxygen atoms in total. The van der Waals surface area contributed by atoms with E-state index in [4.69, 9.17) is 4.74 Å². The third-order valence-electron chi connectivity index (χ3n) is 4.39. The molecule has 0 radical (unpaired) electrons. The molecule has 2 amide bonds. The van der Waals surface area contributed by atoms with E-state index in [2.05, 4.69) is 20.6 Å². The molecule has 0 aliphatic carbocycles. The first-order chi connectivity index (χ1) is 15.5. The van der Waals surface area contributed by atoms with Crippen LogP contribution in [-0.4, -0.2) is 41.2 Å². The van der Waals surface area contributed by atoms with Crippen molar-refractivity contribution in [1.82, 2.24) is 15.3 Å². The molecular formula is C23H24N4O4S. The maximum Gasteiger partial charge on any atom is 0.251 e. The molecule has 0 aliphatic heterocycles. The highest BCUT2D eigenvalue weighted by Crippen LogP contribution is 2.18. The zero-order valence-corrected chi connectivity index (χ0v) is 18.4. The molecule has 0 spiro atoms. The summed E-state index contributed by atoms with van der Waals surface area (Å²) in [5.74, 6) is 0.212. The number of amides is 2. The lowest BCUT2D eigenvalue weighted by atomic mass is 10.1. The van der Waals surface area contributed by atoms with Crippen molar-refractivity contribution in [3.63, 3.8) is 0 Å². The zero-order chi connectivity index (χ0) is 22.8. The predicted octanol–water partition coefficient (Wildman–Crippen LogP) is 2.41. The summed E-state index contributed by atoms with van der Waals surface area (Å²) in [5.41, 5.74) is 1.72. The van der Waals surface area contributed by atoms with Crippen LogP contribution in [0.3, 0.4) is 0 Å². The van der Waals surface area contributed by atoms with Gasteiger partial charge in [0.15, 0.2) is 5.16 Å². The van der Waals surface area contributed by atoms with Crippen LogP contribution in [0.2, 0.25) is 0 Å². The summed E-state index contributed by atoms with van der Waals surface area (Å²) in [6, 6.07) is 18.1. The maximum absolute atomic E-state index is 12.2. The summed E-state index contributed by atoms with van der Waals surface area (Å²) in [7, 11) is 1.55. The van der Waals surface area contributed by atoms with Crippen molar-refractivity contribution < 1.29 is 14.3 Å². The van der Waals surface area contributed by atoms with Gasteiger partial charge < -0.3 is 20.4 Å². The fourth-order valence-corrected chi connectivity index (χ4v) is 3.59. The van der Waals surface area contributed by atoms with Crippen LogP contribution in [0, 0.1) is 0 Å². The van der Waals surface area contributed by atoms with Gasteiger partial charge in [-0.1, -0.05) is 48.2 Å². The lowest BCUT2D eigenvalue weighted by molar-refractivity contribution is -0.120. The van der Waals surface area contributed by atoms with Gasteiger partial charge in [0, 0.05) is 24.4 Å². The molecule has 166 valence electrons. The molecule has 1 aromatic heterocycles. The summed E-state index contributed by atoms with van der Waals surface area (Å²) in [6.45, 7) is 0.498. The number of aromatic amines is 1. The van der Waals surface area contributed by atoms with Gasteiger partial charge in [0.25, 0.3) is 5.56 Å². The highest BCUT2D eigenvalue weighted by Gasteiger charge is 2.10. The Morgan fingerprint density at radius 3 is 2.66 bits per heavy atom. The number of ether oxygens (including phenoxy) is 1. The van der Waals surface area contributed by atoms with Crippen LogP contribution in [-0.2, 0) is 22.4 Å². The summed E-state index contributed by atoms with van der Waals surface area (Å²) < 4.78 is 5.13. The summed E-state index contributed by atoms with van der Waals surface area (Å²) in [5, 5.41) is 5.88. The van der Waals surface area contributed by atoms with Gasteiger partial charge in [-0.05, 0) is 24.1 Å². The van der Waals surface area contributed by atoms with Crippen molar-refractivity contribution in [1.29, 1.82) is 0 Å². The SMILES string of the molecule is COc1cccc(NC(=O)CSc2nc(CC(=O)NCCc3ccccc3)cc(=O)[nH]2)c1. The van der Waals surface area contributed by atoms with Gasteiger partial charge in [-0.2, -0.15) is 0 Å². The van der Waals surface area contributed by atoms with Crippen LogP contribution in [0.4, 0.5) is 5.69 Å². The average molecular weight is 453 g/mol. The number of H-pyrrole nitrogens is 1. The molecule has 0 unspecified atom stereocenters. The molecule has 3 aromatic rings. The number of carbonyl (C=O) groups excluding carboxylic acids is 2. The monoisotopic (exact) mass is 452 g/mol. The zero-order valence-electron chi connectivity index (χ0n) is 17.6. The third-order valence-corrected chi connectivity index (χ3v) is 5.26. The topological polar surface area (TPSA) is 113 Å². The van der Waals surface area contributed by atoms with Crippen molar-refractivity contribution in [3.05, 3.63) is 82.3 Å². The molecule has 9 heteroatoms. The van der Waals surface area contributed by atoms with Gasteiger partial charge in [-0.3, -0.25) is 14.4 Å². The first-order valence-corrected chi connectivity index (χ1v) is 11.0. The Hall–Kier alpha value is -3.59. The summed E-state index contributed by atoms with van der Waals surface area (Å²) in [4.78, 5) is 43.2. The van der Waals surface area contributed by atoms with Crippen LogP contribution in [0.15, 0.2) is 70.6 Å². The standard InChI is InChI=1S/C23H24N4O4S/c1-31-19-9-5-8-17(12-19)25-22(30)15-32-23-26-18(14-21(29)27-23)13-20(28)24-11-10-16-6-3-2-4-7-16/h2-9,12,14H,10-11,13,15H2,1H3,(H,24,28)(H,25,30)(H,26,27,29). The summed E-state index contributed by atoms with van der Waals surface area (Å²) >= 11 is 1.09. The average Bonchev–Trinajstić information content (AvgIpc) is 2.78. The number of nitrogens with zero attached hydrogens (tertiary/aromatic N) is 1. The number of aromatic nitrogens is 2. The molecular weight excluding hydrogens is 428 g/mol. The number of methoxy groups -OCH3 is 1. The van der Waals surface area contributed by atoms with E-state index < -0.39 is 0 Å². The van der Waals surface area contributed by atoms with Crippen molar-refractivity contribution in [3.8, 4) is 5.75 Å². The number of rotatable bonds is 10. The lowest BCUT2D eigenvalue weighted by Gasteiger charge is -2.08. The van der Waals surface area contributed by atoms with Crippen molar-refractivity contribution in [2.75, 3.05) is 24.7 Å². The van der Waals surface area contributed by atoms with E-state index >= 15 is 0 Å². The van der Waals surface area contributed by atoms with Gasteiger partial charge in [-0.15, -0.1) is 0 Å². The number of carbonyl (C=O) groups is 2. The van der Waals surface area contributed by atoms with E-state index in [1.54, 1.807) is 31.4 Å². The second-order valence-corrected chi connectivity index (χ2v) is 7.84. The quantitative estimate of drug-likeness (QED) is 0.322. The number of thioether (sulfide) groups is 1. The van der Waals surface area contributed by atoms with E-state index in [-0.39, 0.29) is 34.7 Å². The fourth-order valence-electron chi connectivity index (χ4n) is 2.89. The highest BCUT2D eigenvalue weighted by atomic mass is 32.2. The molecule has 32 heavy (non-hydrogen) atoms. The first kappa shape index (κ1) is 23.1. The van der Waals surface area contributed by atoms with E-state index in [1.165, 1.54) is 6.07 Å². The van der Waals surface area contributed by atoms with Gasteiger partial charge in [0.2, 0.25) is 11.8 Å². The van der Waals surface area contributed by atoms with Crippen LogP contribution >= 0.6 is 11.8 Å². The van der Waals surface area contributed by atoms with Crippen molar-refractivity contribution >= 4 is 29.3 Å². The number of benzene rings is 2. The van der Waals surface area contributed by atoms with Crippen LogP contribution < -0.4 is 20.9 Å².